The van der Waals surface area contributed by atoms with Crippen molar-refractivity contribution in [2.75, 3.05) is 13.1 Å². The molecule has 0 radical (unpaired) electrons. The van der Waals surface area contributed by atoms with Crippen LogP contribution in [-0.2, 0) is 25.9 Å². The molecule has 1 N–H and O–H groups in total. The van der Waals surface area contributed by atoms with Crippen LogP contribution in [0.2, 0.25) is 0 Å². The van der Waals surface area contributed by atoms with Gasteiger partial charge in [0.25, 0.3) is 5.91 Å². The molecule has 1 amide bonds. The summed E-state index contributed by atoms with van der Waals surface area (Å²) in [6.07, 6.45) is 10.8. The SMILES string of the molecule is CCn1ccnc1CN(C(=O)c1ccc2c(c1)CCC2)[C@@H]1CC12CCNCC2. The molecule has 1 aliphatic heterocycles. The maximum Gasteiger partial charge on any atom is 0.254 e. The lowest BCUT2D eigenvalue weighted by molar-refractivity contribution is 0.0685. The van der Waals surface area contributed by atoms with Crippen molar-refractivity contribution in [2.45, 2.75) is 64.6 Å². The number of imidazole rings is 1. The average molecular weight is 379 g/mol. The fourth-order valence-electron chi connectivity index (χ4n) is 5.36. The van der Waals surface area contributed by atoms with Crippen molar-refractivity contribution in [1.82, 2.24) is 19.8 Å². The van der Waals surface area contributed by atoms with Crippen LogP contribution >= 0.6 is 0 Å². The third-order valence-electron chi connectivity index (χ3n) is 7.18. The number of carbonyl (C=O) groups is 1. The number of carbonyl (C=O) groups excluding carboxylic acids is 1. The molecule has 2 heterocycles. The molecule has 148 valence electrons. The second-order valence-corrected chi connectivity index (χ2v) is 8.73. The molecule has 0 unspecified atom stereocenters. The van der Waals surface area contributed by atoms with Gasteiger partial charge in [-0.2, -0.15) is 0 Å². The van der Waals surface area contributed by atoms with Crippen molar-refractivity contribution in [3.05, 3.63) is 53.1 Å². The third kappa shape index (κ3) is 3.06. The monoisotopic (exact) mass is 378 g/mol. The largest absolute Gasteiger partial charge is 0.334 e. The van der Waals surface area contributed by atoms with Gasteiger partial charge in [-0.1, -0.05) is 6.07 Å². The topological polar surface area (TPSA) is 50.2 Å². The maximum absolute atomic E-state index is 13.7. The number of fused-ring (bicyclic) bond motifs is 1. The van der Waals surface area contributed by atoms with Crippen molar-refractivity contribution in [1.29, 1.82) is 0 Å². The van der Waals surface area contributed by atoms with Crippen LogP contribution in [0.25, 0.3) is 0 Å². The predicted molar refractivity (Wildman–Crippen MR) is 109 cm³/mol. The Morgan fingerprint density at radius 1 is 1.29 bits per heavy atom. The molecule has 5 nitrogen and oxygen atoms in total. The first kappa shape index (κ1) is 17.9. The molecule has 1 atom stereocenters. The first-order valence-electron chi connectivity index (χ1n) is 10.8. The highest BCUT2D eigenvalue weighted by molar-refractivity contribution is 5.95. The van der Waals surface area contributed by atoms with Gasteiger partial charge < -0.3 is 14.8 Å². The van der Waals surface area contributed by atoms with E-state index in [0.29, 0.717) is 18.0 Å². The number of rotatable bonds is 5. The zero-order valence-corrected chi connectivity index (χ0v) is 16.8. The molecule has 1 aromatic carbocycles. The molecular formula is C23H30N4O. The molecule has 28 heavy (non-hydrogen) atoms. The van der Waals surface area contributed by atoms with Gasteiger partial charge in [-0.3, -0.25) is 4.79 Å². The highest BCUT2D eigenvalue weighted by Crippen LogP contribution is 2.56. The lowest BCUT2D eigenvalue weighted by Gasteiger charge is -2.30. The number of hydrogen-bond acceptors (Lipinski definition) is 3. The summed E-state index contributed by atoms with van der Waals surface area (Å²) in [4.78, 5) is 20.3. The van der Waals surface area contributed by atoms with Gasteiger partial charge in [0, 0.05) is 30.5 Å². The molecule has 2 aliphatic carbocycles. The number of aromatic nitrogens is 2. The van der Waals surface area contributed by atoms with Crippen molar-refractivity contribution in [3.63, 3.8) is 0 Å². The predicted octanol–water partition coefficient (Wildman–Crippen LogP) is 3.18. The standard InChI is InChI=1S/C23H30N4O/c1-2-26-13-12-25-21(26)16-27(20-15-23(20)8-10-24-11-9-23)22(28)19-7-6-17-4-3-5-18(17)14-19/h6-7,12-14,20,24H,2-5,8-11,15-16H2,1H3/t20-/m1/s1. The van der Waals surface area contributed by atoms with E-state index < -0.39 is 0 Å². The maximum atomic E-state index is 13.7. The van der Waals surface area contributed by atoms with Crippen LogP contribution in [0.5, 0.6) is 0 Å². The van der Waals surface area contributed by atoms with Crippen LogP contribution in [0.4, 0.5) is 0 Å². The van der Waals surface area contributed by atoms with Gasteiger partial charge in [-0.05, 0) is 87.2 Å². The molecule has 1 spiro atoms. The number of aryl methyl sites for hydroxylation is 3. The number of hydrogen-bond donors (Lipinski definition) is 1. The van der Waals surface area contributed by atoms with E-state index in [2.05, 4.69) is 38.8 Å². The fourth-order valence-corrected chi connectivity index (χ4v) is 5.36. The van der Waals surface area contributed by atoms with Crippen LogP contribution < -0.4 is 5.32 Å². The highest BCUT2D eigenvalue weighted by Gasteiger charge is 2.58. The Labute approximate surface area is 167 Å². The van der Waals surface area contributed by atoms with E-state index in [-0.39, 0.29) is 5.91 Å². The summed E-state index contributed by atoms with van der Waals surface area (Å²) < 4.78 is 2.15. The second-order valence-electron chi connectivity index (χ2n) is 8.73. The molecule has 1 saturated heterocycles. The van der Waals surface area contributed by atoms with E-state index in [4.69, 9.17) is 0 Å². The zero-order valence-electron chi connectivity index (χ0n) is 16.8. The van der Waals surface area contributed by atoms with Crippen molar-refractivity contribution >= 4 is 5.91 Å². The number of benzene rings is 1. The van der Waals surface area contributed by atoms with Crippen LogP contribution in [0, 0.1) is 5.41 Å². The van der Waals surface area contributed by atoms with E-state index in [9.17, 15) is 4.79 Å². The molecule has 1 aromatic heterocycles. The Hall–Kier alpha value is -2.14. The van der Waals surface area contributed by atoms with Gasteiger partial charge in [-0.15, -0.1) is 0 Å². The van der Waals surface area contributed by atoms with E-state index in [1.54, 1.807) is 0 Å². The second kappa shape index (κ2) is 7.03. The van der Waals surface area contributed by atoms with E-state index >= 15 is 0 Å². The molecule has 5 heteroatoms. The Kier molecular flexibility index (Phi) is 4.50. The summed E-state index contributed by atoms with van der Waals surface area (Å²) in [5.41, 5.74) is 3.96. The molecule has 2 aromatic rings. The molecule has 5 rings (SSSR count). The van der Waals surface area contributed by atoms with E-state index in [0.717, 1.165) is 50.3 Å². The summed E-state index contributed by atoms with van der Waals surface area (Å²) in [6, 6.07) is 6.72. The summed E-state index contributed by atoms with van der Waals surface area (Å²) in [7, 11) is 0. The summed E-state index contributed by atoms with van der Waals surface area (Å²) in [5.74, 6) is 1.17. The smallest absolute Gasteiger partial charge is 0.254 e. The minimum atomic E-state index is 0.181. The normalized spacial score (nSPS) is 22.2. The number of nitrogens with one attached hydrogen (secondary N) is 1. The summed E-state index contributed by atoms with van der Waals surface area (Å²) in [6.45, 7) is 5.76. The first-order chi connectivity index (χ1) is 13.7. The summed E-state index contributed by atoms with van der Waals surface area (Å²) >= 11 is 0. The van der Waals surface area contributed by atoms with Crippen LogP contribution in [-0.4, -0.2) is 39.5 Å². The van der Waals surface area contributed by atoms with E-state index in [1.165, 1.54) is 30.4 Å². The lowest BCUT2D eigenvalue weighted by atomic mass is 9.93. The number of nitrogens with zero attached hydrogens (tertiary/aromatic N) is 3. The van der Waals surface area contributed by atoms with Crippen molar-refractivity contribution in [3.8, 4) is 0 Å². The molecule has 1 saturated carbocycles. The zero-order chi connectivity index (χ0) is 19.1. The minimum Gasteiger partial charge on any atom is -0.334 e. The Bertz CT molecular complexity index is 880. The van der Waals surface area contributed by atoms with Crippen LogP contribution in [0.3, 0.4) is 0 Å². The van der Waals surface area contributed by atoms with Gasteiger partial charge in [0.15, 0.2) is 0 Å². The molecule has 3 aliphatic rings. The lowest BCUT2D eigenvalue weighted by Crippen LogP contribution is -2.39. The Morgan fingerprint density at radius 3 is 2.93 bits per heavy atom. The molecule has 0 bridgehead atoms. The molecular weight excluding hydrogens is 348 g/mol. The van der Waals surface area contributed by atoms with Crippen LogP contribution in [0.15, 0.2) is 30.6 Å². The summed E-state index contributed by atoms with van der Waals surface area (Å²) in [5, 5.41) is 3.47. The fraction of sp³-hybridized carbons (Fsp3) is 0.565. The minimum absolute atomic E-state index is 0.181. The molecule has 2 fully saturated rings. The third-order valence-corrected chi connectivity index (χ3v) is 7.18. The van der Waals surface area contributed by atoms with Gasteiger partial charge in [0.2, 0.25) is 0 Å². The Balaban J connectivity index is 1.44. The van der Waals surface area contributed by atoms with Gasteiger partial charge in [-0.25, -0.2) is 4.98 Å². The number of amides is 1. The number of piperidine rings is 1. The van der Waals surface area contributed by atoms with Crippen molar-refractivity contribution in [2.24, 2.45) is 5.41 Å². The van der Waals surface area contributed by atoms with Gasteiger partial charge in [0.05, 0.1) is 6.54 Å². The average Bonchev–Trinajstić information content (AvgIpc) is 3.09. The highest BCUT2D eigenvalue weighted by atomic mass is 16.2. The van der Waals surface area contributed by atoms with Crippen LogP contribution in [0.1, 0.15) is 59.9 Å². The van der Waals surface area contributed by atoms with Gasteiger partial charge >= 0.3 is 0 Å². The quantitative estimate of drug-likeness (QED) is 0.869. The van der Waals surface area contributed by atoms with Gasteiger partial charge in [0.1, 0.15) is 5.82 Å². The van der Waals surface area contributed by atoms with Crippen molar-refractivity contribution < 1.29 is 4.79 Å². The Morgan fingerprint density at radius 2 is 2.11 bits per heavy atom. The van der Waals surface area contributed by atoms with E-state index in [1.807, 2.05) is 18.5 Å². The first-order valence-corrected chi connectivity index (χ1v) is 10.8.